The van der Waals surface area contributed by atoms with Crippen LogP contribution < -0.4 is 5.73 Å². The van der Waals surface area contributed by atoms with Crippen molar-refractivity contribution in [1.82, 2.24) is 4.98 Å². The lowest BCUT2D eigenvalue weighted by Gasteiger charge is -1.91. The highest BCUT2D eigenvalue weighted by Gasteiger charge is 1.87. The number of carbonyl (C=O) groups excluding carboxylic acids is 1. The lowest BCUT2D eigenvalue weighted by molar-refractivity contribution is -0.113. The van der Waals surface area contributed by atoms with Gasteiger partial charge in [-0.2, -0.15) is 0 Å². The highest BCUT2D eigenvalue weighted by atomic mass is 32.2. The van der Waals surface area contributed by atoms with E-state index >= 15 is 0 Å². The van der Waals surface area contributed by atoms with Gasteiger partial charge in [0.15, 0.2) is 0 Å². The van der Waals surface area contributed by atoms with E-state index < -0.39 is 5.91 Å². The van der Waals surface area contributed by atoms with Crippen molar-refractivity contribution < 1.29 is 4.79 Å². The van der Waals surface area contributed by atoms with E-state index in [0.717, 1.165) is 4.90 Å². The third-order valence-electron chi connectivity index (χ3n) is 1.09. The maximum atomic E-state index is 10.3. The molecule has 0 unspecified atom stereocenters. The normalized spacial score (nSPS) is 10.3. The Morgan fingerprint density at radius 3 is 2.75 bits per heavy atom. The molecule has 12 heavy (non-hydrogen) atoms. The molecule has 1 amide bonds. The van der Waals surface area contributed by atoms with Crippen LogP contribution in [-0.4, -0.2) is 10.9 Å². The molecular formula is C8H8N2OS. The lowest BCUT2D eigenvalue weighted by Crippen LogP contribution is -2.04. The van der Waals surface area contributed by atoms with Gasteiger partial charge in [0.05, 0.1) is 0 Å². The number of pyridine rings is 1. The Balaban J connectivity index is 2.49. The van der Waals surface area contributed by atoms with Gasteiger partial charge in [-0.05, 0) is 17.5 Å². The van der Waals surface area contributed by atoms with Gasteiger partial charge in [0.2, 0.25) is 5.91 Å². The van der Waals surface area contributed by atoms with Crippen LogP contribution in [0.15, 0.2) is 40.9 Å². The number of carbonyl (C=O) groups is 1. The summed E-state index contributed by atoms with van der Waals surface area (Å²) in [6.07, 6.45) is 4.71. The van der Waals surface area contributed by atoms with E-state index in [2.05, 4.69) is 4.98 Å². The van der Waals surface area contributed by atoms with Gasteiger partial charge >= 0.3 is 0 Å². The Kier molecular flexibility index (Phi) is 3.35. The SMILES string of the molecule is NC(=O)/C=C/Sc1ccncc1. The molecule has 0 spiro atoms. The highest BCUT2D eigenvalue weighted by molar-refractivity contribution is 8.02. The van der Waals surface area contributed by atoms with E-state index in [-0.39, 0.29) is 0 Å². The van der Waals surface area contributed by atoms with Crippen molar-refractivity contribution in [1.29, 1.82) is 0 Å². The number of nitrogens with zero attached hydrogens (tertiary/aromatic N) is 1. The summed E-state index contributed by atoms with van der Waals surface area (Å²) in [5, 5.41) is 1.65. The van der Waals surface area contributed by atoms with Crippen molar-refractivity contribution in [2.75, 3.05) is 0 Å². The van der Waals surface area contributed by atoms with Crippen LogP contribution in [0.25, 0.3) is 0 Å². The van der Waals surface area contributed by atoms with Gasteiger partial charge in [0, 0.05) is 23.4 Å². The molecule has 1 rings (SSSR count). The number of primary amides is 1. The molecule has 1 heterocycles. The number of rotatable bonds is 3. The lowest BCUT2D eigenvalue weighted by atomic mass is 10.5. The molecule has 0 saturated carbocycles. The molecular weight excluding hydrogens is 172 g/mol. The van der Waals surface area contributed by atoms with E-state index in [4.69, 9.17) is 5.73 Å². The summed E-state index contributed by atoms with van der Waals surface area (Å²) >= 11 is 1.43. The molecule has 1 aromatic rings. The van der Waals surface area contributed by atoms with Crippen molar-refractivity contribution in [2.24, 2.45) is 5.73 Å². The zero-order valence-electron chi connectivity index (χ0n) is 6.31. The molecule has 0 aliphatic heterocycles. The van der Waals surface area contributed by atoms with E-state index in [9.17, 15) is 4.79 Å². The summed E-state index contributed by atoms with van der Waals surface area (Å²) in [6.45, 7) is 0. The first kappa shape index (κ1) is 8.80. The summed E-state index contributed by atoms with van der Waals surface area (Å²) < 4.78 is 0. The summed E-state index contributed by atoms with van der Waals surface area (Å²) in [7, 11) is 0. The molecule has 2 N–H and O–H groups in total. The molecule has 0 saturated heterocycles. The number of thioether (sulfide) groups is 1. The second-order valence-corrected chi connectivity index (χ2v) is 2.99. The Morgan fingerprint density at radius 1 is 1.50 bits per heavy atom. The highest BCUT2D eigenvalue weighted by Crippen LogP contribution is 2.16. The largest absolute Gasteiger partial charge is 0.366 e. The molecule has 62 valence electrons. The molecule has 3 nitrogen and oxygen atoms in total. The Morgan fingerprint density at radius 2 is 2.17 bits per heavy atom. The van der Waals surface area contributed by atoms with E-state index in [1.807, 2.05) is 12.1 Å². The van der Waals surface area contributed by atoms with E-state index in [0.29, 0.717) is 0 Å². The van der Waals surface area contributed by atoms with Crippen molar-refractivity contribution >= 4 is 17.7 Å². The molecule has 0 atom stereocenters. The molecule has 0 aliphatic rings. The zero-order valence-corrected chi connectivity index (χ0v) is 7.12. The van der Waals surface area contributed by atoms with Gasteiger partial charge in [-0.1, -0.05) is 11.8 Å². The van der Waals surface area contributed by atoms with Crippen LogP contribution in [0.3, 0.4) is 0 Å². The second-order valence-electron chi connectivity index (χ2n) is 2.01. The van der Waals surface area contributed by atoms with Crippen LogP contribution in [0.1, 0.15) is 0 Å². The summed E-state index contributed by atoms with van der Waals surface area (Å²) in [4.78, 5) is 15.2. The van der Waals surface area contributed by atoms with Gasteiger partial charge in [-0.15, -0.1) is 0 Å². The Labute approximate surface area is 74.7 Å². The summed E-state index contributed by atoms with van der Waals surface area (Å²) in [6, 6.07) is 3.71. The third-order valence-corrected chi connectivity index (χ3v) is 1.90. The number of hydrogen-bond donors (Lipinski definition) is 1. The van der Waals surface area contributed by atoms with Crippen molar-refractivity contribution in [2.45, 2.75) is 4.90 Å². The fourth-order valence-electron chi connectivity index (χ4n) is 0.596. The molecule has 0 bridgehead atoms. The standard InChI is InChI=1S/C8H8N2OS/c9-8(11)3-6-12-7-1-4-10-5-2-7/h1-6H,(H2,9,11)/b6-3+. The quantitative estimate of drug-likeness (QED) is 0.561. The van der Waals surface area contributed by atoms with Crippen LogP contribution in [0.4, 0.5) is 0 Å². The van der Waals surface area contributed by atoms with Gasteiger partial charge < -0.3 is 5.73 Å². The predicted octanol–water partition coefficient (Wildman–Crippen LogP) is 1.17. The Hall–Kier alpha value is -1.29. The first-order valence-corrected chi connectivity index (χ1v) is 4.19. The topological polar surface area (TPSA) is 56.0 Å². The molecule has 0 fully saturated rings. The van der Waals surface area contributed by atoms with Crippen LogP contribution in [0, 0.1) is 0 Å². The predicted molar refractivity (Wildman–Crippen MR) is 48.4 cm³/mol. The molecule has 4 heteroatoms. The first-order chi connectivity index (χ1) is 5.79. The minimum absolute atomic E-state index is 0.434. The van der Waals surface area contributed by atoms with Gasteiger partial charge in [-0.3, -0.25) is 9.78 Å². The summed E-state index contributed by atoms with van der Waals surface area (Å²) in [5.74, 6) is -0.434. The molecule has 0 aromatic carbocycles. The minimum atomic E-state index is -0.434. The smallest absolute Gasteiger partial charge is 0.241 e. The number of aromatic nitrogens is 1. The van der Waals surface area contributed by atoms with E-state index in [1.165, 1.54) is 17.8 Å². The van der Waals surface area contributed by atoms with Crippen LogP contribution in [-0.2, 0) is 4.79 Å². The molecule has 1 aromatic heterocycles. The van der Waals surface area contributed by atoms with E-state index in [1.54, 1.807) is 17.8 Å². The van der Waals surface area contributed by atoms with Gasteiger partial charge in [0.25, 0.3) is 0 Å². The Bertz CT molecular complexity index is 284. The van der Waals surface area contributed by atoms with Gasteiger partial charge in [0.1, 0.15) is 0 Å². The maximum Gasteiger partial charge on any atom is 0.241 e. The van der Waals surface area contributed by atoms with Crippen LogP contribution >= 0.6 is 11.8 Å². The number of nitrogens with two attached hydrogens (primary N) is 1. The van der Waals surface area contributed by atoms with Crippen LogP contribution in [0.5, 0.6) is 0 Å². The monoisotopic (exact) mass is 180 g/mol. The fourth-order valence-corrected chi connectivity index (χ4v) is 1.23. The maximum absolute atomic E-state index is 10.3. The fraction of sp³-hybridized carbons (Fsp3) is 0. The average molecular weight is 180 g/mol. The van der Waals surface area contributed by atoms with Crippen LogP contribution in [0.2, 0.25) is 0 Å². The van der Waals surface area contributed by atoms with Crippen molar-refractivity contribution in [3.63, 3.8) is 0 Å². The first-order valence-electron chi connectivity index (χ1n) is 3.32. The number of amides is 1. The molecule has 0 radical (unpaired) electrons. The number of hydrogen-bond acceptors (Lipinski definition) is 3. The molecule has 0 aliphatic carbocycles. The van der Waals surface area contributed by atoms with Gasteiger partial charge in [-0.25, -0.2) is 0 Å². The second kappa shape index (κ2) is 4.56. The minimum Gasteiger partial charge on any atom is -0.366 e. The average Bonchev–Trinajstić information content (AvgIpc) is 2.05. The summed E-state index contributed by atoms with van der Waals surface area (Å²) in [5.41, 5.74) is 4.91. The third kappa shape index (κ3) is 3.21. The van der Waals surface area contributed by atoms with Crippen molar-refractivity contribution in [3.05, 3.63) is 36.0 Å². The van der Waals surface area contributed by atoms with Crippen molar-refractivity contribution in [3.8, 4) is 0 Å². The zero-order chi connectivity index (χ0) is 8.81.